The summed E-state index contributed by atoms with van der Waals surface area (Å²) in [6.07, 6.45) is 8.92. The van der Waals surface area contributed by atoms with E-state index >= 15 is 0 Å². The Morgan fingerprint density at radius 1 is 1.00 bits per heavy atom. The Bertz CT molecular complexity index is 462. The van der Waals surface area contributed by atoms with Crippen molar-refractivity contribution >= 4 is 18.3 Å². The van der Waals surface area contributed by atoms with E-state index in [2.05, 4.69) is 22.8 Å². The third-order valence-corrected chi connectivity index (χ3v) is 4.88. The molecular formula is C18H27ClN2O. The predicted octanol–water partition coefficient (Wildman–Crippen LogP) is 3.64. The molecule has 3 nitrogen and oxygen atoms in total. The van der Waals surface area contributed by atoms with Crippen LogP contribution >= 0.6 is 12.4 Å². The van der Waals surface area contributed by atoms with Crippen LogP contribution in [0.2, 0.25) is 0 Å². The monoisotopic (exact) mass is 322 g/mol. The molecule has 0 spiro atoms. The summed E-state index contributed by atoms with van der Waals surface area (Å²) < 4.78 is 0. The molecule has 0 radical (unpaired) electrons. The highest BCUT2D eigenvalue weighted by Crippen LogP contribution is 2.32. The Hall–Kier alpha value is -1.06. The van der Waals surface area contributed by atoms with Crippen molar-refractivity contribution in [3.63, 3.8) is 0 Å². The van der Waals surface area contributed by atoms with Crippen LogP contribution in [0.1, 0.15) is 66.8 Å². The highest BCUT2D eigenvalue weighted by Gasteiger charge is 2.18. The second kappa shape index (κ2) is 8.54. The molecule has 4 heteroatoms. The molecular weight excluding hydrogens is 296 g/mol. The second-order valence-electron chi connectivity index (χ2n) is 6.47. The van der Waals surface area contributed by atoms with Gasteiger partial charge in [-0.15, -0.1) is 12.4 Å². The minimum Gasteiger partial charge on any atom is -0.348 e. The molecule has 0 bridgehead atoms. The number of carbonyl (C=O) groups is 1. The maximum atomic E-state index is 12.3. The summed E-state index contributed by atoms with van der Waals surface area (Å²) in [5.74, 6) is 0.775. The third-order valence-electron chi connectivity index (χ3n) is 4.88. The zero-order valence-electron chi connectivity index (χ0n) is 13.1. The van der Waals surface area contributed by atoms with Crippen molar-refractivity contribution in [2.45, 2.75) is 56.9 Å². The fourth-order valence-electron chi connectivity index (χ4n) is 3.59. The fraction of sp³-hybridized carbons (Fsp3) is 0.611. The Morgan fingerprint density at radius 2 is 1.73 bits per heavy atom. The van der Waals surface area contributed by atoms with Crippen molar-refractivity contribution in [1.82, 2.24) is 10.6 Å². The molecule has 1 aliphatic carbocycles. The zero-order valence-corrected chi connectivity index (χ0v) is 14.0. The average molecular weight is 323 g/mol. The summed E-state index contributed by atoms with van der Waals surface area (Å²) in [6, 6.07) is 8.59. The first-order chi connectivity index (χ1) is 10.3. The number of nitrogens with one attached hydrogen (secondary N) is 2. The summed E-state index contributed by atoms with van der Waals surface area (Å²) in [5, 5.41) is 6.46. The van der Waals surface area contributed by atoms with E-state index in [4.69, 9.17) is 0 Å². The molecule has 2 fully saturated rings. The third kappa shape index (κ3) is 4.47. The van der Waals surface area contributed by atoms with Gasteiger partial charge in [0.05, 0.1) is 0 Å². The van der Waals surface area contributed by atoms with Gasteiger partial charge in [0.1, 0.15) is 0 Å². The van der Waals surface area contributed by atoms with Gasteiger partial charge in [-0.2, -0.15) is 0 Å². The molecule has 1 aromatic carbocycles. The van der Waals surface area contributed by atoms with E-state index in [1.807, 2.05) is 12.1 Å². The molecule has 1 atom stereocenters. The highest BCUT2D eigenvalue weighted by molar-refractivity contribution is 5.94. The maximum Gasteiger partial charge on any atom is 0.251 e. The number of halogens is 1. The standard InChI is InChI=1S/C18H26N2O.ClH/c21-18(20-17-7-4-12-19-13-17)16-10-8-15(9-11-16)14-5-2-1-3-6-14;/h8-11,14,17,19H,1-7,12-13H2,(H,20,21);1H. The number of piperidine rings is 1. The molecule has 2 aliphatic rings. The van der Waals surface area contributed by atoms with Crippen LogP contribution in [0.5, 0.6) is 0 Å². The van der Waals surface area contributed by atoms with Crippen LogP contribution in [-0.2, 0) is 0 Å². The number of amides is 1. The smallest absolute Gasteiger partial charge is 0.251 e. The van der Waals surface area contributed by atoms with E-state index in [-0.39, 0.29) is 24.4 Å². The van der Waals surface area contributed by atoms with Crippen LogP contribution in [0.4, 0.5) is 0 Å². The molecule has 1 amide bonds. The van der Waals surface area contributed by atoms with Crippen LogP contribution in [-0.4, -0.2) is 25.0 Å². The molecule has 1 aromatic rings. The molecule has 2 N–H and O–H groups in total. The summed E-state index contributed by atoms with van der Waals surface area (Å²) in [4.78, 5) is 12.3. The number of carbonyl (C=O) groups excluding carboxylic acids is 1. The van der Waals surface area contributed by atoms with Crippen molar-refractivity contribution < 1.29 is 4.79 Å². The second-order valence-corrected chi connectivity index (χ2v) is 6.47. The van der Waals surface area contributed by atoms with Crippen LogP contribution in [0.15, 0.2) is 24.3 Å². The average Bonchev–Trinajstić information content (AvgIpc) is 2.57. The van der Waals surface area contributed by atoms with Gasteiger partial charge in [-0.3, -0.25) is 4.79 Å². The molecule has 1 unspecified atom stereocenters. The number of rotatable bonds is 3. The van der Waals surface area contributed by atoms with Gasteiger partial charge in [0.25, 0.3) is 5.91 Å². The van der Waals surface area contributed by atoms with Gasteiger partial charge in [-0.25, -0.2) is 0 Å². The largest absolute Gasteiger partial charge is 0.348 e. The van der Waals surface area contributed by atoms with E-state index in [0.717, 1.165) is 31.5 Å². The van der Waals surface area contributed by atoms with Crippen molar-refractivity contribution in [3.05, 3.63) is 35.4 Å². The summed E-state index contributed by atoms with van der Waals surface area (Å²) in [6.45, 7) is 1.97. The minimum atomic E-state index is 0. The lowest BCUT2D eigenvalue weighted by atomic mass is 9.84. The quantitative estimate of drug-likeness (QED) is 0.892. The molecule has 1 saturated carbocycles. The fourth-order valence-corrected chi connectivity index (χ4v) is 3.59. The van der Waals surface area contributed by atoms with Gasteiger partial charge < -0.3 is 10.6 Å². The van der Waals surface area contributed by atoms with Crippen molar-refractivity contribution in [1.29, 1.82) is 0 Å². The lowest BCUT2D eigenvalue weighted by Gasteiger charge is -2.24. The Morgan fingerprint density at radius 3 is 2.36 bits per heavy atom. The zero-order chi connectivity index (χ0) is 14.5. The van der Waals surface area contributed by atoms with E-state index in [0.29, 0.717) is 5.92 Å². The van der Waals surface area contributed by atoms with Gasteiger partial charge in [0, 0.05) is 18.2 Å². The summed E-state index contributed by atoms with van der Waals surface area (Å²) in [5.41, 5.74) is 2.20. The number of hydrogen-bond donors (Lipinski definition) is 2. The summed E-state index contributed by atoms with van der Waals surface area (Å²) in [7, 11) is 0. The lowest BCUT2D eigenvalue weighted by molar-refractivity contribution is 0.0930. The number of hydrogen-bond acceptors (Lipinski definition) is 2. The Balaban J connectivity index is 0.00000176. The first-order valence-corrected chi connectivity index (χ1v) is 8.44. The molecule has 0 aromatic heterocycles. The first-order valence-electron chi connectivity index (χ1n) is 8.44. The maximum absolute atomic E-state index is 12.3. The van der Waals surface area contributed by atoms with Gasteiger partial charge >= 0.3 is 0 Å². The van der Waals surface area contributed by atoms with Crippen molar-refractivity contribution in [2.24, 2.45) is 0 Å². The SMILES string of the molecule is Cl.O=C(NC1CCCNC1)c1ccc(C2CCCCC2)cc1. The van der Waals surface area contributed by atoms with Crippen LogP contribution < -0.4 is 10.6 Å². The topological polar surface area (TPSA) is 41.1 Å². The lowest BCUT2D eigenvalue weighted by Crippen LogP contribution is -2.45. The van der Waals surface area contributed by atoms with Crippen molar-refractivity contribution in [2.75, 3.05) is 13.1 Å². The highest BCUT2D eigenvalue weighted by atomic mass is 35.5. The number of benzene rings is 1. The van der Waals surface area contributed by atoms with Crippen LogP contribution in [0.3, 0.4) is 0 Å². The van der Waals surface area contributed by atoms with Crippen LogP contribution in [0.25, 0.3) is 0 Å². The predicted molar refractivity (Wildman–Crippen MR) is 92.9 cm³/mol. The van der Waals surface area contributed by atoms with Crippen molar-refractivity contribution in [3.8, 4) is 0 Å². The first kappa shape index (κ1) is 17.3. The van der Waals surface area contributed by atoms with E-state index in [1.165, 1.54) is 37.7 Å². The molecule has 3 rings (SSSR count). The Kier molecular flexibility index (Phi) is 6.71. The summed E-state index contributed by atoms with van der Waals surface area (Å²) >= 11 is 0. The van der Waals surface area contributed by atoms with Gasteiger partial charge in [-0.1, -0.05) is 31.4 Å². The van der Waals surface area contributed by atoms with E-state index in [1.54, 1.807) is 0 Å². The molecule has 22 heavy (non-hydrogen) atoms. The van der Waals surface area contributed by atoms with Gasteiger partial charge in [-0.05, 0) is 55.8 Å². The molecule has 1 saturated heterocycles. The normalized spacial score (nSPS) is 22.6. The Labute approximate surface area is 139 Å². The minimum absolute atomic E-state index is 0. The molecule has 122 valence electrons. The van der Waals surface area contributed by atoms with Gasteiger partial charge in [0.2, 0.25) is 0 Å². The van der Waals surface area contributed by atoms with E-state index in [9.17, 15) is 4.79 Å². The molecule has 1 aliphatic heterocycles. The van der Waals surface area contributed by atoms with Gasteiger partial charge in [0.15, 0.2) is 0 Å². The van der Waals surface area contributed by atoms with Crippen LogP contribution in [0, 0.1) is 0 Å². The van der Waals surface area contributed by atoms with E-state index < -0.39 is 0 Å². The molecule has 1 heterocycles.